The highest BCUT2D eigenvalue weighted by atomic mass is 16.5. The number of nitrogen functional groups attached to an aromatic ring is 1. The molecule has 0 amide bonds. The summed E-state index contributed by atoms with van der Waals surface area (Å²) in [7, 11) is 1.45. The maximum absolute atomic E-state index is 11.9. The molecule has 0 atom stereocenters. The predicted molar refractivity (Wildman–Crippen MR) is 156 cm³/mol. The zero-order valence-electron chi connectivity index (χ0n) is 22.5. The molecule has 1 aliphatic rings. The Morgan fingerprint density at radius 3 is 2.48 bits per heavy atom. The standard InChI is InChI=1S/C31H31N7O2/c1-19-26(16-17-27(34-19)35-22-12-10-21(11-13-22)31(39)40-2)38-29(23-9-6-18-33-28(23)32)37-25-15-14-24(36-30(25)38)20-7-4-3-5-8-20/h3-9,14-18,21-22H,10-13H2,1-2H3,(H2,32,33)(H,34,35). The summed E-state index contributed by atoms with van der Waals surface area (Å²) >= 11 is 0. The molecule has 1 aromatic carbocycles. The highest BCUT2D eigenvalue weighted by Crippen LogP contribution is 2.33. The molecule has 1 fully saturated rings. The topological polar surface area (TPSA) is 121 Å². The molecule has 0 spiro atoms. The van der Waals surface area contributed by atoms with Crippen LogP contribution in [0.2, 0.25) is 0 Å². The Morgan fingerprint density at radius 1 is 0.950 bits per heavy atom. The number of hydrogen-bond donors (Lipinski definition) is 2. The van der Waals surface area contributed by atoms with Crippen molar-refractivity contribution in [2.24, 2.45) is 5.92 Å². The zero-order chi connectivity index (χ0) is 27.6. The van der Waals surface area contributed by atoms with Gasteiger partial charge in [-0.25, -0.2) is 19.9 Å². The van der Waals surface area contributed by atoms with Crippen LogP contribution in [0.1, 0.15) is 31.4 Å². The number of nitrogens with two attached hydrogens (primary N) is 1. The zero-order valence-corrected chi connectivity index (χ0v) is 22.5. The lowest BCUT2D eigenvalue weighted by Crippen LogP contribution is -2.30. The molecule has 9 nitrogen and oxygen atoms in total. The Hall–Kier alpha value is -4.79. The van der Waals surface area contributed by atoms with E-state index in [2.05, 4.69) is 10.3 Å². The first kappa shape index (κ1) is 25.5. The molecule has 1 aliphatic carbocycles. The summed E-state index contributed by atoms with van der Waals surface area (Å²) in [5.74, 6) is 1.73. The van der Waals surface area contributed by atoms with E-state index in [0.29, 0.717) is 17.3 Å². The van der Waals surface area contributed by atoms with Crippen molar-refractivity contribution in [3.63, 3.8) is 0 Å². The maximum Gasteiger partial charge on any atom is 0.308 e. The van der Waals surface area contributed by atoms with Crippen molar-refractivity contribution >= 4 is 28.8 Å². The second kappa shape index (κ2) is 10.8. The number of hydrogen-bond acceptors (Lipinski definition) is 8. The number of imidazole rings is 1. The lowest BCUT2D eigenvalue weighted by Gasteiger charge is -2.28. The van der Waals surface area contributed by atoms with Gasteiger partial charge in [0, 0.05) is 17.8 Å². The molecule has 4 heterocycles. The molecular formula is C31H31N7O2. The Balaban J connectivity index is 1.38. The van der Waals surface area contributed by atoms with Crippen LogP contribution in [-0.2, 0) is 9.53 Å². The van der Waals surface area contributed by atoms with E-state index in [1.165, 1.54) is 7.11 Å². The molecule has 0 bridgehead atoms. The summed E-state index contributed by atoms with van der Waals surface area (Å²) < 4.78 is 6.94. The number of fused-ring (bicyclic) bond motifs is 1. The molecule has 0 saturated heterocycles. The molecule has 5 aromatic rings. The summed E-state index contributed by atoms with van der Waals surface area (Å²) in [5.41, 5.74) is 12.1. The molecular weight excluding hydrogens is 502 g/mol. The van der Waals surface area contributed by atoms with E-state index in [0.717, 1.165) is 65.2 Å². The third-order valence-electron chi connectivity index (χ3n) is 7.57. The molecule has 40 heavy (non-hydrogen) atoms. The van der Waals surface area contributed by atoms with Gasteiger partial charge < -0.3 is 15.8 Å². The summed E-state index contributed by atoms with van der Waals surface area (Å²) in [5, 5.41) is 3.56. The molecule has 0 unspecified atom stereocenters. The Bertz CT molecular complexity index is 1670. The van der Waals surface area contributed by atoms with E-state index >= 15 is 0 Å². The number of nitrogens with zero attached hydrogens (tertiary/aromatic N) is 5. The van der Waals surface area contributed by atoms with Crippen molar-refractivity contribution < 1.29 is 9.53 Å². The smallest absolute Gasteiger partial charge is 0.308 e. The van der Waals surface area contributed by atoms with Gasteiger partial charge in [-0.15, -0.1) is 0 Å². The highest BCUT2D eigenvalue weighted by Gasteiger charge is 2.27. The van der Waals surface area contributed by atoms with Crippen LogP contribution in [-0.4, -0.2) is 43.6 Å². The lowest BCUT2D eigenvalue weighted by molar-refractivity contribution is -0.146. The summed E-state index contributed by atoms with van der Waals surface area (Å²) in [6.45, 7) is 1.98. The number of carbonyl (C=O) groups excluding carboxylic acids is 1. The minimum Gasteiger partial charge on any atom is -0.469 e. The first-order valence-electron chi connectivity index (χ1n) is 13.5. The molecule has 1 saturated carbocycles. The summed E-state index contributed by atoms with van der Waals surface area (Å²) in [6, 6.07) is 22.1. The van der Waals surface area contributed by atoms with Crippen LogP contribution in [0.25, 0.3) is 39.5 Å². The normalized spacial score (nSPS) is 17.1. The number of esters is 1. The Labute approximate surface area is 232 Å². The molecule has 6 rings (SSSR count). The van der Waals surface area contributed by atoms with Crippen molar-refractivity contribution in [2.45, 2.75) is 38.6 Å². The first-order chi connectivity index (χ1) is 19.5. The van der Waals surface area contributed by atoms with Crippen LogP contribution in [0.3, 0.4) is 0 Å². The number of methoxy groups -OCH3 is 1. The quantitative estimate of drug-likeness (QED) is 0.271. The van der Waals surface area contributed by atoms with Crippen LogP contribution >= 0.6 is 0 Å². The van der Waals surface area contributed by atoms with Crippen LogP contribution < -0.4 is 11.1 Å². The first-order valence-corrected chi connectivity index (χ1v) is 13.5. The Morgan fingerprint density at radius 2 is 1.75 bits per heavy atom. The molecule has 202 valence electrons. The summed E-state index contributed by atoms with van der Waals surface area (Å²) in [6.07, 6.45) is 5.08. The number of benzene rings is 1. The molecule has 0 aliphatic heterocycles. The van der Waals surface area contributed by atoms with Crippen LogP contribution in [0, 0.1) is 12.8 Å². The van der Waals surface area contributed by atoms with Crippen molar-refractivity contribution in [3.05, 3.63) is 78.6 Å². The van der Waals surface area contributed by atoms with E-state index in [4.69, 9.17) is 25.4 Å². The van der Waals surface area contributed by atoms with Crippen molar-refractivity contribution in [2.75, 3.05) is 18.2 Å². The monoisotopic (exact) mass is 533 g/mol. The molecule has 4 aromatic heterocycles. The number of carbonyl (C=O) groups is 1. The number of aromatic nitrogens is 5. The van der Waals surface area contributed by atoms with E-state index < -0.39 is 0 Å². The van der Waals surface area contributed by atoms with Gasteiger partial charge >= 0.3 is 5.97 Å². The van der Waals surface area contributed by atoms with E-state index in [9.17, 15) is 4.79 Å². The number of anilines is 2. The van der Waals surface area contributed by atoms with E-state index in [-0.39, 0.29) is 17.9 Å². The SMILES string of the molecule is COC(=O)C1CCC(Nc2ccc(-n3c(-c4cccnc4N)nc4ccc(-c5ccccc5)nc43)c(C)n2)CC1. The number of nitrogens with one attached hydrogen (secondary N) is 1. The summed E-state index contributed by atoms with van der Waals surface area (Å²) in [4.78, 5) is 31.1. The lowest BCUT2D eigenvalue weighted by atomic mass is 9.86. The van der Waals surface area contributed by atoms with Gasteiger partial charge in [-0.2, -0.15) is 0 Å². The minimum absolute atomic E-state index is 0.0127. The second-order valence-corrected chi connectivity index (χ2v) is 10.1. The number of aryl methyl sites for hydroxylation is 1. The fourth-order valence-corrected chi connectivity index (χ4v) is 5.46. The van der Waals surface area contributed by atoms with Gasteiger partial charge in [-0.3, -0.25) is 9.36 Å². The number of pyridine rings is 3. The fraction of sp³-hybridized carbons (Fsp3) is 0.258. The third-order valence-corrected chi connectivity index (χ3v) is 7.57. The van der Waals surface area contributed by atoms with Gasteiger partial charge in [0.2, 0.25) is 0 Å². The maximum atomic E-state index is 11.9. The number of ether oxygens (including phenoxy) is 1. The van der Waals surface area contributed by atoms with E-state index in [1.807, 2.05) is 78.2 Å². The van der Waals surface area contributed by atoms with Crippen LogP contribution in [0.4, 0.5) is 11.6 Å². The second-order valence-electron chi connectivity index (χ2n) is 10.1. The van der Waals surface area contributed by atoms with Gasteiger partial charge in [0.15, 0.2) is 11.5 Å². The van der Waals surface area contributed by atoms with Gasteiger partial charge in [-0.1, -0.05) is 30.3 Å². The average Bonchev–Trinajstić information content (AvgIpc) is 3.36. The van der Waals surface area contributed by atoms with Crippen molar-refractivity contribution in [1.29, 1.82) is 0 Å². The highest BCUT2D eigenvalue weighted by molar-refractivity contribution is 5.84. The van der Waals surface area contributed by atoms with Gasteiger partial charge in [0.05, 0.1) is 35.7 Å². The van der Waals surface area contributed by atoms with Crippen molar-refractivity contribution in [1.82, 2.24) is 24.5 Å². The average molecular weight is 534 g/mol. The van der Waals surface area contributed by atoms with Gasteiger partial charge in [0.25, 0.3) is 0 Å². The van der Waals surface area contributed by atoms with Crippen molar-refractivity contribution in [3.8, 4) is 28.3 Å². The van der Waals surface area contributed by atoms with Crippen LogP contribution in [0.5, 0.6) is 0 Å². The molecule has 9 heteroatoms. The van der Waals surface area contributed by atoms with Crippen LogP contribution in [0.15, 0.2) is 72.9 Å². The fourth-order valence-electron chi connectivity index (χ4n) is 5.46. The largest absolute Gasteiger partial charge is 0.469 e. The third kappa shape index (κ3) is 4.86. The minimum atomic E-state index is -0.113. The Kier molecular flexibility index (Phi) is 6.86. The number of rotatable bonds is 6. The van der Waals surface area contributed by atoms with Gasteiger partial charge in [-0.05, 0) is 69.0 Å². The predicted octanol–water partition coefficient (Wildman–Crippen LogP) is 5.58. The molecule has 3 N–H and O–H groups in total. The van der Waals surface area contributed by atoms with E-state index in [1.54, 1.807) is 6.20 Å². The van der Waals surface area contributed by atoms with Gasteiger partial charge in [0.1, 0.15) is 17.2 Å². The molecule has 0 radical (unpaired) electrons.